The van der Waals surface area contributed by atoms with Crippen molar-refractivity contribution in [1.82, 2.24) is 0 Å². The molecule has 0 aromatic heterocycles. The van der Waals surface area contributed by atoms with Gasteiger partial charge in [0.1, 0.15) is 18.2 Å². The molecule has 0 saturated carbocycles. The monoisotopic (exact) mass is 276 g/mol. The summed E-state index contributed by atoms with van der Waals surface area (Å²) in [6.45, 7) is 0.870. The molecule has 0 fully saturated rings. The van der Waals surface area contributed by atoms with Crippen LogP contribution in [0.25, 0.3) is 0 Å². The first kappa shape index (κ1) is 13.8. The number of benzene rings is 2. The number of nitro benzene ring substituents is 1. The smallest absolute Gasteiger partial charge is 0.269 e. The van der Waals surface area contributed by atoms with Crippen molar-refractivity contribution in [2.24, 2.45) is 0 Å². The highest BCUT2D eigenvalue weighted by Crippen LogP contribution is 2.17. The molecule has 0 unspecified atom stereocenters. The number of nitrogens with one attached hydrogen (secondary N) is 1. The maximum absolute atomic E-state index is 12.9. The summed E-state index contributed by atoms with van der Waals surface area (Å²) >= 11 is 0. The summed E-state index contributed by atoms with van der Waals surface area (Å²) in [6.07, 6.45) is 0. The van der Waals surface area contributed by atoms with E-state index in [1.807, 2.05) is 0 Å². The van der Waals surface area contributed by atoms with E-state index in [0.29, 0.717) is 24.6 Å². The average Bonchev–Trinajstić information content (AvgIpc) is 2.44. The van der Waals surface area contributed by atoms with E-state index < -0.39 is 4.92 Å². The number of hydrogen-bond acceptors (Lipinski definition) is 4. The maximum Gasteiger partial charge on any atom is 0.269 e. The molecular formula is C14H13FN2O3. The first-order chi connectivity index (χ1) is 9.65. The van der Waals surface area contributed by atoms with Gasteiger partial charge in [-0.2, -0.15) is 0 Å². The molecule has 0 atom stereocenters. The summed E-state index contributed by atoms with van der Waals surface area (Å²) in [5.41, 5.74) is 0.701. The van der Waals surface area contributed by atoms with Gasteiger partial charge in [0.15, 0.2) is 0 Å². The maximum atomic E-state index is 12.9. The predicted molar refractivity (Wildman–Crippen MR) is 73.5 cm³/mol. The zero-order valence-electron chi connectivity index (χ0n) is 10.6. The van der Waals surface area contributed by atoms with E-state index in [-0.39, 0.29) is 11.5 Å². The number of nitrogens with zero attached hydrogens (tertiary/aromatic N) is 1. The Bertz CT molecular complexity index is 587. The molecule has 5 nitrogen and oxygen atoms in total. The number of halogens is 1. The van der Waals surface area contributed by atoms with E-state index in [1.165, 1.54) is 24.3 Å². The second kappa shape index (κ2) is 6.51. The molecule has 6 heteroatoms. The van der Waals surface area contributed by atoms with Crippen molar-refractivity contribution < 1.29 is 14.1 Å². The number of nitro groups is 1. The average molecular weight is 276 g/mol. The van der Waals surface area contributed by atoms with E-state index in [4.69, 9.17) is 4.74 Å². The van der Waals surface area contributed by atoms with E-state index >= 15 is 0 Å². The zero-order valence-corrected chi connectivity index (χ0v) is 10.6. The van der Waals surface area contributed by atoms with Gasteiger partial charge in [-0.25, -0.2) is 4.39 Å². The molecule has 1 N–H and O–H groups in total. The minimum atomic E-state index is -0.463. The lowest BCUT2D eigenvalue weighted by molar-refractivity contribution is -0.384. The van der Waals surface area contributed by atoms with E-state index in [2.05, 4.69) is 5.32 Å². The summed E-state index contributed by atoms with van der Waals surface area (Å²) in [5, 5.41) is 13.5. The predicted octanol–water partition coefficient (Wildman–Crippen LogP) is 3.22. The summed E-state index contributed by atoms with van der Waals surface area (Å²) in [6, 6.07) is 12.0. The lowest BCUT2D eigenvalue weighted by atomic mass is 10.3. The summed E-state index contributed by atoms with van der Waals surface area (Å²) in [7, 11) is 0. The zero-order chi connectivity index (χ0) is 14.4. The molecule has 2 aromatic rings. The van der Waals surface area contributed by atoms with Crippen LogP contribution in [-0.2, 0) is 0 Å². The van der Waals surface area contributed by atoms with Crippen LogP contribution in [0.4, 0.5) is 15.8 Å². The quantitative estimate of drug-likeness (QED) is 0.500. The first-order valence-corrected chi connectivity index (χ1v) is 6.02. The normalized spacial score (nSPS) is 10.1. The fraction of sp³-hybridized carbons (Fsp3) is 0.143. The number of ether oxygens (including phenoxy) is 1. The van der Waals surface area contributed by atoms with Gasteiger partial charge < -0.3 is 10.1 Å². The van der Waals surface area contributed by atoms with Crippen molar-refractivity contribution in [1.29, 1.82) is 0 Å². The Hall–Kier alpha value is -2.63. The second-order valence-corrected chi connectivity index (χ2v) is 4.04. The molecule has 0 saturated heterocycles. The number of anilines is 1. The van der Waals surface area contributed by atoms with Crippen molar-refractivity contribution in [3.8, 4) is 5.75 Å². The minimum Gasteiger partial charge on any atom is -0.492 e. The molecule has 0 aliphatic rings. The van der Waals surface area contributed by atoms with Gasteiger partial charge in [0.05, 0.1) is 4.92 Å². The second-order valence-electron chi connectivity index (χ2n) is 4.04. The molecule has 0 bridgehead atoms. The van der Waals surface area contributed by atoms with Gasteiger partial charge in [0.25, 0.3) is 5.69 Å². The Morgan fingerprint density at radius 3 is 2.60 bits per heavy atom. The van der Waals surface area contributed by atoms with E-state index in [1.54, 1.807) is 24.3 Å². The number of non-ortho nitro benzene ring substituents is 1. The van der Waals surface area contributed by atoms with Crippen LogP contribution in [0, 0.1) is 15.9 Å². The summed E-state index contributed by atoms with van der Waals surface area (Å²) in [4.78, 5) is 10.0. The van der Waals surface area contributed by atoms with Crippen LogP contribution in [0.2, 0.25) is 0 Å². The van der Waals surface area contributed by atoms with Crippen LogP contribution in [-0.4, -0.2) is 18.1 Å². The Morgan fingerprint density at radius 2 is 1.95 bits per heavy atom. The van der Waals surface area contributed by atoms with Gasteiger partial charge in [-0.15, -0.1) is 0 Å². The van der Waals surface area contributed by atoms with Crippen LogP contribution in [0.15, 0.2) is 48.5 Å². The largest absolute Gasteiger partial charge is 0.492 e. The van der Waals surface area contributed by atoms with Crippen molar-refractivity contribution in [2.75, 3.05) is 18.5 Å². The molecule has 2 rings (SSSR count). The van der Waals surface area contributed by atoms with Crippen LogP contribution >= 0.6 is 0 Å². The molecule has 0 spiro atoms. The van der Waals surface area contributed by atoms with Crippen LogP contribution in [0.1, 0.15) is 0 Å². The third kappa shape index (κ3) is 3.94. The van der Waals surface area contributed by atoms with Crippen molar-refractivity contribution in [3.05, 3.63) is 64.5 Å². The molecular weight excluding hydrogens is 263 g/mol. The third-order valence-electron chi connectivity index (χ3n) is 2.57. The lowest BCUT2D eigenvalue weighted by Gasteiger charge is -2.08. The molecule has 104 valence electrons. The molecule has 0 aliphatic carbocycles. The molecule has 0 amide bonds. The first-order valence-electron chi connectivity index (χ1n) is 6.02. The highest BCUT2D eigenvalue weighted by molar-refractivity contribution is 5.43. The van der Waals surface area contributed by atoms with Gasteiger partial charge in [0.2, 0.25) is 0 Å². The van der Waals surface area contributed by atoms with Gasteiger partial charge in [-0.1, -0.05) is 6.07 Å². The molecule has 20 heavy (non-hydrogen) atoms. The SMILES string of the molecule is O=[N+]([O-])c1ccc(OCCNc2cccc(F)c2)cc1. The topological polar surface area (TPSA) is 64.4 Å². The minimum absolute atomic E-state index is 0.0234. The Morgan fingerprint density at radius 1 is 1.20 bits per heavy atom. The van der Waals surface area contributed by atoms with Gasteiger partial charge in [-0.3, -0.25) is 10.1 Å². The van der Waals surface area contributed by atoms with Crippen molar-refractivity contribution in [2.45, 2.75) is 0 Å². The van der Waals surface area contributed by atoms with Crippen LogP contribution in [0.5, 0.6) is 5.75 Å². The number of hydrogen-bond donors (Lipinski definition) is 1. The van der Waals surface area contributed by atoms with E-state index in [9.17, 15) is 14.5 Å². The van der Waals surface area contributed by atoms with Crippen LogP contribution < -0.4 is 10.1 Å². The van der Waals surface area contributed by atoms with Crippen molar-refractivity contribution >= 4 is 11.4 Å². The van der Waals surface area contributed by atoms with Gasteiger partial charge >= 0.3 is 0 Å². The Balaban J connectivity index is 1.77. The highest BCUT2D eigenvalue weighted by Gasteiger charge is 2.04. The lowest BCUT2D eigenvalue weighted by Crippen LogP contribution is -2.11. The number of rotatable bonds is 6. The highest BCUT2D eigenvalue weighted by atomic mass is 19.1. The Labute approximate surface area is 115 Å². The van der Waals surface area contributed by atoms with Gasteiger partial charge in [-0.05, 0) is 30.3 Å². The molecule has 0 aliphatic heterocycles. The fourth-order valence-corrected chi connectivity index (χ4v) is 1.63. The van der Waals surface area contributed by atoms with Crippen molar-refractivity contribution in [3.63, 3.8) is 0 Å². The fourth-order valence-electron chi connectivity index (χ4n) is 1.63. The summed E-state index contributed by atoms with van der Waals surface area (Å²) < 4.78 is 18.3. The molecule has 2 aromatic carbocycles. The standard InChI is InChI=1S/C14H13FN2O3/c15-11-2-1-3-12(10-11)16-8-9-20-14-6-4-13(5-7-14)17(18)19/h1-7,10,16H,8-9H2. The molecule has 0 radical (unpaired) electrons. The van der Waals surface area contributed by atoms with Crippen LogP contribution in [0.3, 0.4) is 0 Å². The van der Waals surface area contributed by atoms with Gasteiger partial charge in [0, 0.05) is 24.4 Å². The summed E-state index contributed by atoms with van der Waals surface area (Å²) in [5.74, 6) is 0.253. The molecule has 0 heterocycles. The third-order valence-corrected chi connectivity index (χ3v) is 2.57. The van der Waals surface area contributed by atoms with E-state index in [0.717, 1.165) is 0 Å². The Kier molecular flexibility index (Phi) is 4.49.